The first-order valence-corrected chi connectivity index (χ1v) is 25.5. The molecule has 6 aromatic rings. The zero-order valence-electron chi connectivity index (χ0n) is 41.8. The molecule has 2 aromatic heterocycles. The lowest BCUT2D eigenvalue weighted by atomic mass is 9.99. The number of ether oxygens (including phenoxy) is 2. The van der Waals surface area contributed by atoms with E-state index in [0.717, 1.165) is 80.9 Å². The van der Waals surface area contributed by atoms with E-state index in [1.54, 1.807) is 4.90 Å². The first-order chi connectivity index (χ1) is 34.4. The maximum Gasteiger partial charge on any atom is 0.407 e. The van der Waals surface area contributed by atoms with Gasteiger partial charge in [-0.05, 0) is 97.8 Å². The molecule has 4 amide bonds. The third kappa shape index (κ3) is 11.3. The van der Waals surface area contributed by atoms with Crippen molar-refractivity contribution in [2.45, 2.75) is 95.8 Å². The largest absolute Gasteiger partial charge is 0.453 e. The van der Waals surface area contributed by atoms with Crippen molar-refractivity contribution in [3.63, 3.8) is 0 Å². The molecule has 9 rings (SSSR count). The van der Waals surface area contributed by atoms with Crippen LogP contribution in [0.15, 0.2) is 91.1 Å². The van der Waals surface area contributed by atoms with Crippen LogP contribution in [0.25, 0.3) is 44.2 Å². The lowest BCUT2D eigenvalue weighted by Gasteiger charge is -2.30. The predicted octanol–water partition coefficient (Wildman–Crippen LogP) is 9.11. The fourth-order valence-corrected chi connectivity index (χ4v) is 10.9. The molecule has 5 atom stereocenters. The Morgan fingerprint density at radius 3 is 2.23 bits per heavy atom. The van der Waals surface area contributed by atoms with Crippen LogP contribution < -0.4 is 10.6 Å². The Kier molecular flexibility index (Phi) is 15.5. The Morgan fingerprint density at radius 1 is 0.761 bits per heavy atom. The number of nitrogens with zero attached hydrogens (tertiary/aromatic N) is 5. The molecule has 15 nitrogen and oxygen atoms in total. The fraction of sp³-hybridized carbons (Fsp3) is 0.464. The van der Waals surface area contributed by atoms with Gasteiger partial charge in [0.2, 0.25) is 17.7 Å². The van der Waals surface area contributed by atoms with E-state index in [4.69, 9.17) is 19.4 Å². The Balaban J connectivity index is 0.908. The molecule has 0 spiro atoms. The summed E-state index contributed by atoms with van der Waals surface area (Å²) >= 11 is 0. The number of hydrogen-bond acceptors (Lipinski definition) is 9. The number of carbonyl (C=O) groups is 4. The molecule has 4 aromatic carbocycles. The van der Waals surface area contributed by atoms with Gasteiger partial charge in [-0.3, -0.25) is 14.4 Å². The standard InChI is InChI=1S/C56H69N9O6/c1-35(2)49(62-56(69)70-5)54(67)65-31-37(34-71-33-36-14-9-6-7-10-15-36)28-47(65)53-58-44-26-24-42-29-41(23-25-43(42)51(44)61-53)38-19-21-39(22-20-38)45-30-57-52(59-45)46-18-13-27-64(46)55(68)50(40-16-11-8-12-17-40)60-48(66)32-63(3)4/h8,11-12,16-17,19-26,29-30,35-37,46-47,49-50H,6-7,9-10,13-15,18,27-28,31-34H2,1-5H3,(H,57,59)(H,58,61)(H,60,66)(H,62,69)/t37-,46-,47-,49-,50+/m0/s1. The quantitative estimate of drug-likeness (QED) is 0.0689. The number of hydrogen-bond donors (Lipinski definition) is 4. The van der Waals surface area contributed by atoms with Crippen LogP contribution in [-0.2, 0) is 23.9 Å². The molecule has 4 N–H and O–H groups in total. The topological polar surface area (TPSA) is 178 Å². The molecule has 1 aliphatic carbocycles. The van der Waals surface area contributed by atoms with Crippen LogP contribution in [0.1, 0.15) is 107 Å². The second kappa shape index (κ2) is 22.2. The van der Waals surface area contributed by atoms with Crippen LogP contribution in [0.2, 0.25) is 0 Å². The lowest BCUT2D eigenvalue weighted by molar-refractivity contribution is -0.137. The van der Waals surface area contributed by atoms with Crippen molar-refractivity contribution in [3.05, 3.63) is 108 Å². The van der Waals surface area contributed by atoms with Gasteiger partial charge in [-0.25, -0.2) is 14.8 Å². The smallest absolute Gasteiger partial charge is 0.407 e. The molecule has 2 saturated heterocycles. The number of likely N-dealkylation sites (N-methyl/N-ethyl adjacent to an activating group) is 1. The van der Waals surface area contributed by atoms with Crippen molar-refractivity contribution in [1.82, 2.24) is 45.3 Å². The van der Waals surface area contributed by atoms with Gasteiger partial charge in [0.25, 0.3) is 0 Å². The summed E-state index contributed by atoms with van der Waals surface area (Å²) in [4.78, 5) is 76.5. The number of methoxy groups -OCH3 is 1. The number of alkyl carbamates (subject to hydrolysis) is 1. The van der Waals surface area contributed by atoms with Gasteiger partial charge in [-0.2, -0.15) is 0 Å². The first kappa shape index (κ1) is 49.4. The number of benzene rings is 4. The van der Waals surface area contributed by atoms with E-state index in [9.17, 15) is 19.2 Å². The van der Waals surface area contributed by atoms with Crippen LogP contribution in [0.4, 0.5) is 4.79 Å². The lowest BCUT2D eigenvalue weighted by Crippen LogP contribution is -2.51. The molecule has 0 bridgehead atoms. The van der Waals surface area contributed by atoms with Crippen molar-refractivity contribution >= 4 is 45.6 Å². The van der Waals surface area contributed by atoms with Crippen LogP contribution >= 0.6 is 0 Å². The van der Waals surface area contributed by atoms with Gasteiger partial charge >= 0.3 is 6.09 Å². The van der Waals surface area contributed by atoms with Crippen molar-refractivity contribution in [3.8, 4) is 22.4 Å². The number of aromatic nitrogens is 4. The average molecular weight is 964 g/mol. The van der Waals surface area contributed by atoms with Gasteiger partial charge in [0.1, 0.15) is 23.7 Å². The zero-order valence-corrected chi connectivity index (χ0v) is 41.8. The number of aromatic amines is 2. The van der Waals surface area contributed by atoms with Crippen LogP contribution in [0, 0.1) is 17.8 Å². The monoisotopic (exact) mass is 964 g/mol. The number of fused-ring (bicyclic) bond motifs is 3. The van der Waals surface area contributed by atoms with E-state index in [1.807, 2.05) is 74.3 Å². The summed E-state index contributed by atoms with van der Waals surface area (Å²) in [7, 11) is 4.97. The number of amides is 4. The SMILES string of the molecule is COC(=O)N[C@H](C(=O)N1C[C@@H](COCC2CCCCCC2)C[C@H]1c1nc2c(ccc3cc(-c4ccc(-c5cnc([C@@H]6CCCN6C(=O)[C@H](NC(=O)CN(C)C)c6ccccc6)[nH]5)cc4)ccc32)[nH]1)C(C)C. The summed E-state index contributed by atoms with van der Waals surface area (Å²) in [5, 5.41) is 7.83. The molecule has 1 saturated carbocycles. The predicted molar refractivity (Wildman–Crippen MR) is 275 cm³/mol. The molecule has 71 heavy (non-hydrogen) atoms. The minimum Gasteiger partial charge on any atom is -0.453 e. The molecule has 15 heteroatoms. The second-order valence-electron chi connectivity index (χ2n) is 20.5. The number of imidazole rings is 2. The van der Waals surface area contributed by atoms with Gasteiger partial charge in [0.15, 0.2) is 0 Å². The van der Waals surface area contributed by atoms with Crippen molar-refractivity contribution in [2.75, 3.05) is 54.1 Å². The van der Waals surface area contributed by atoms with E-state index in [0.29, 0.717) is 32.0 Å². The van der Waals surface area contributed by atoms with Crippen molar-refractivity contribution in [1.29, 1.82) is 0 Å². The Hall–Kier alpha value is -6.58. The van der Waals surface area contributed by atoms with E-state index >= 15 is 0 Å². The molecule has 3 fully saturated rings. The maximum absolute atomic E-state index is 14.4. The third-order valence-corrected chi connectivity index (χ3v) is 14.7. The van der Waals surface area contributed by atoms with Gasteiger partial charge in [-0.15, -0.1) is 0 Å². The highest BCUT2D eigenvalue weighted by Crippen LogP contribution is 2.39. The van der Waals surface area contributed by atoms with Gasteiger partial charge in [0.05, 0.1) is 55.3 Å². The minimum atomic E-state index is -0.801. The molecular weight excluding hydrogens is 895 g/mol. The number of nitrogens with one attached hydrogen (secondary N) is 4. The summed E-state index contributed by atoms with van der Waals surface area (Å²) in [5.74, 6) is 1.49. The summed E-state index contributed by atoms with van der Waals surface area (Å²) in [6.07, 6.45) is 11.1. The molecule has 0 unspecified atom stereocenters. The second-order valence-corrected chi connectivity index (χ2v) is 20.5. The van der Waals surface area contributed by atoms with Crippen LogP contribution in [0.3, 0.4) is 0 Å². The molecule has 2 aliphatic heterocycles. The summed E-state index contributed by atoms with van der Waals surface area (Å²) in [6.45, 7) is 6.45. The maximum atomic E-state index is 14.4. The minimum absolute atomic E-state index is 0.122. The molecule has 0 radical (unpaired) electrons. The van der Waals surface area contributed by atoms with Crippen LogP contribution in [-0.4, -0.2) is 119 Å². The van der Waals surface area contributed by atoms with E-state index in [-0.39, 0.29) is 48.2 Å². The van der Waals surface area contributed by atoms with E-state index < -0.39 is 18.2 Å². The highest BCUT2D eigenvalue weighted by molar-refractivity contribution is 6.05. The summed E-state index contributed by atoms with van der Waals surface area (Å²) < 4.78 is 11.3. The van der Waals surface area contributed by atoms with Crippen LogP contribution in [0.5, 0.6) is 0 Å². The zero-order chi connectivity index (χ0) is 49.6. The highest BCUT2D eigenvalue weighted by atomic mass is 16.5. The Bertz CT molecular complexity index is 2800. The Labute approximate surface area is 416 Å². The summed E-state index contributed by atoms with van der Waals surface area (Å²) in [6, 6.07) is 26.3. The third-order valence-electron chi connectivity index (χ3n) is 14.7. The molecule has 4 heterocycles. The number of rotatable bonds is 16. The normalized spacial score (nSPS) is 19.6. The highest BCUT2D eigenvalue weighted by Gasteiger charge is 2.42. The fourth-order valence-electron chi connectivity index (χ4n) is 10.9. The Morgan fingerprint density at radius 2 is 1.49 bits per heavy atom. The summed E-state index contributed by atoms with van der Waals surface area (Å²) in [5.41, 5.74) is 6.43. The molecule has 374 valence electrons. The number of carbonyl (C=O) groups excluding carboxylic acids is 4. The van der Waals surface area contributed by atoms with E-state index in [1.165, 1.54) is 45.6 Å². The number of H-pyrrole nitrogens is 2. The first-order valence-electron chi connectivity index (χ1n) is 25.5. The van der Waals surface area contributed by atoms with Gasteiger partial charge in [-0.1, -0.05) is 112 Å². The van der Waals surface area contributed by atoms with E-state index in [2.05, 4.69) is 75.2 Å². The number of likely N-dealkylation sites (tertiary alicyclic amines) is 2. The van der Waals surface area contributed by atoms with Gasteiger partial charge < -0.3 is 44.8 Å². The molecule has 3 aliphatic rings. The average Bonchev–Trinajstić information content (AvgIpc) is 4.20. The van der Waals surface area contributed by atoms with Crippen molar-refractivity contribution < 1.29 is 28.7 Å². The van der Waals surface area contributed by atoms with Crippen molar-refractivity contribution in [2.24, 2.45) is 17.8 Å². The molecular formula is C56H69N9O6. The van der Waals surface area contributed by atoms with Gasteiger partial charge in [0, 0.05) is 31.0 Å².